The number of rotatable bonds is 3. The molecular formula is C10H13N7. The number of nitrogens with one attached hydrogen (secondary N) is 3. The minimum atomic E-state index is 0.374. The van der Waals surface area contributed by atoms with Gasteiger partial charge in [0.25, 0.3) is 0 Å². The summed E-state index contributed by atoms with van der Waals surface area (Å²) in [6.45, 7) is 0.374. The van der Waals surface area contributed by atoms with E-state index in [-0.39, 0.29) is 0 Å². The van der Waals surface area contributed by atoms with Gasteiger partial charge in [-0.25, -0.2) is 15.8 Å². The van der Waals surface area contributed by atoms with Crippen LogP contribution in [0.4, 0.5) is 5.69 Å². The summed E-state index contributed by atoms with van der Waals surface area (Å²) in [4.78, 5) is 8.18. The summed E-state index contributed by atoms with van der Waals surface area (Å²) >= 11 is 0. The highest BCUT2D eigenvalue weighted by molar-refractivity contribution is 5.93. The van der Waals surface area contributed by atoms with Crippen molar-refractivity contribution in [1.29, 1.82) is 0 Å². The van der Waals surface area contributed by atoms with Crippen molar-refractivity contribution in [2.45, 2.75) is 6.54 Å². The third-order valence-electron chi connectivity index (χ3n) is 2.03. The van der Waals surface area contributed by atoms with Crippen molar-refractivity contribution in [2.75, 3.05) is 5.32 Å². The monoisotopic (exact) mass is 231 g/mol. The molecule has 1 heterocycles. The Hall–Kier alpha value is -2.41. The summed E-state index contributed by atoms with van der Waals surface area (Å²) in [5.74, 6) is 6.51. The molecule has 0 saturated heterocycles. The Morgan fingerprint density at radius 1 is 1.35 bits per heavy atom. The molecule has 7 heteroatoms. The molecule has 0 aliphatic heterocycles. The molecule has 0 saturated carbocycles. The summed E-state index contributed by atoms with van der Waals surface area (Å²) in [7, 11) is 0. The van der Waals surface area contributed by atoms with Gasteiger partial charge in [-0.05, 0) is 12.1 Å². The minimum absolute atomic E-state index is 0.374. The van der Waals surface area contributed by atoms with E-state index in [0.717, 1.165) is 5.69 Å². The maximum atomic E-state index is 5.37. The predicted octanol–water partition coefficient (Wildman–Crippen LogP) is 0.236. The fourth-order valence-corrected chi connectivity index (χ4v) is 1.24. The van der Waals surface area contributed by atoms with E-state index < -0.39 is 0 Å². The van der Waals surface area contributed by atoms with Gasteiger partial charge in [0.1, 0.15) is 18.7 Å². The van der Waals surface area contributed by atoms with Crippen LogP contribution in [0.15, 0.2) is 41.7 Å². The Morgan fingerprint density at radius 2 is 2.18 bits per heavy atom. The van der Waals surface area contributed by atoms with Crippen LogP contribution in [0, 0.1) is 0 Å². The standard InChI is InChI=1S/C10H13N7/c11-16-10(12-6-9-13-7-14-17-9)15-8-4-2-1-3-5-8/h1-5,7H,6,11H2,(H2,12,15,16)(H,13,14,17). The van der Waals surface area contributed by atoms with E-state index in [9.17, 15) is 0 Å². The molecule has 88 valence electrons. The molecule has 1 aromatic heterocycles. The van der Waals surface area contributed by atoms with Crippen LogP contribution in [0.25, 0.3) is 0 Å². The molecule has 0 radical (unpaired) electrons. The zero-order chi connectivity index (χ0) is 11.9. The van der Waals surface area contributed by atoms with Gasteiger partial charge in [0.2, 0.25) is 5.96 Å². The maximum absolute atomic E-state index is 5.37. The second-order valence-corrected chi connectivity index (χ2v) is 3.23. The van der Waals surface area contributed by atoms with Crippen LogP contribution in [0.3, 0.4) is 0 Å². The van der Waals surface area contributed by atoms with Crippen molar-refractivity contribution in [3.8, 4) is 0 Å². The first-order valence-corrected chi connectivity index (χ1v) is 5.06. The number of hydrogen-bond acceptors (Lipinski definition) is 4. The number of H-pyrrole nitrogens is 1. The van der Waals surface area contributed by atoms with Gasteiger partial charge in [-0.3, -0.25) is 10.5 Å². The highest BCUT2D eigenvalue weighted by Crippen LogP contribution is 2.04. The molecule has 0 fully saturated rings. The highest BCUT2D eigenvalue weighted by Gasteiger charge is 1.98. The third kappa shape index (κ3) is 3.28. The van der Waals surface area contributed by atoms with E-state index >= 15 is 0 Å². The maximum Gasteiger partial charge on any atom is 0.210 e. The van der Waals surface area contributed by atoms with E-state index in [0.29, 0.717) is 18.3 Å². The van der Waals surface area contributed by atoms with Crippen molar-refractivity contribution >= 4 is 11.6 Å². The van der Waals surface area contributed by atoms with E-state index in [1.165, 1.54) is 6.33 Å². The van der Waals surface area contributed by atoms with Gasteiger partial charge < -0.3 is 5.32 Å². The molecular weight excluding hydrogens is 218 g/mol. The largest absolute Gasteiger partial charge is 0.325 e. The smallest absolute Gasteiger partial charge is 0.210 e. The molecule has 7 nitrogen and oxygen atoms in total. The van der Waals surface area contributed by atoms with E-state index in [2.05, 4.69) is 30.9 Å². The first-order chi connectivity index (χ1) is 8.38. The number of para-hydroxylation sites is 1. The lowest BCUT2D eigenvalue weighted by Gasteiger charge is -2.08. The zero-order valence-corrected chi connectivity index (χ0v) is 9.09. The number of guanidine groups is 1. The van der Waals surface area contributed by atoms with Crippen LogP contribution < -0.4 is 16.6 Å². The van der Waals surface area contributed by atoms with E-state index in [1.54, 1.807) is 0 Å². The number of nitrogens with two attached hydrogens (primary N) is 1. The molecule has 2 aromatic rings. The second kappa shape index (κ2) is 5.61. The topological polar surface area (TPSA) is 104 Å². The van der Waals surface area contributed by atoms with Crippen LogP contribution in [0.5, 0.6) is 0 Å². The van der Waals surface area contributed by atoms with Crippen molar-refractivity contribution < 1.29 is 0 Å². The molecule has 0 unspecified atom stereocenters. The molecule has 0 aliphatic rings. The van der Waals surface area contributed by atoms with Gasteiger partial charge >= 0.3 is 0 Å². The van der Waals surface area contributed by atoms with Gasteiger partial charge in [0.15, 0.2) is 0 Å². The molecule has 0 atom stereocenters. The molecule has 0 amide bonds. The van der Waals surface area contributed by atoms with Crippen molar-refractivity contribution in [2.24, 2.45) is 10.8 Å². The minimum Gasteiger partial charge on any atom is -0.325 e. The van der Waals surface area contributed by atoms with Crippen LogP contribution in [0.2, 0.25) is 0 Å². The number of anilines is 1. The highest BCUT2D eigenvalue weighted by atomic mass is 15.3. The Bertz CT molecular complexity index is 463. The first-order valence-electron chi connectivity index (χ1n) is 5.06. The summed E-state index contributed by atoms with van der Waals surface area (Å²) in [6, 6.07) is 9.62. The van der Waals surface area contributed by atoms with E-state index in [4.69, 9.17) is 5.84 Å². The number of aliphatic imine (C=N–C) groups is 1. The molecule has 0 aliphatic carbocycles. The number of benzene rings is 1. The quantitative estimate of drug-likeness (QED) is 0.262. The Kier molecular flexibility index (Phi) is 3.66. The number of aromatic amines is 1. The summed E-state index contributed by atoms with van der Waals surface area (Å²) in [5.41, 5.74) is 3.39. The molecule has 1 aromatic carbocycles. The fourth-order valence-electron chi connectivity index (χ4n) is 1.24. The van der Waals surface area contributed by atoms with Gasteiger partial charge in [0, 0.05) is 5.69 Å². The second-order valence-electron chi connectivity index (χ2n) is 3.23. The van der Waals surface area contributed by atoms with Gasteiger partial charge in [-0.15, -0.1) is 0 Å². The van der Waals surface area contributed by atoms with Crippen LogP contribution in [0.1, 0.15) is 5.82 Å². The third-order valence-corrected chi connectivity index (χ3v) is 2.03. The van der Waals surface area contributed by atoms with E-state index in [1.807, 2.05) is 30.3 Å². The lowest BCUT2D eigenvalue weighted by atomic mass is 10.3. The van der Waals surface area contributed by atoms with Crippen molar-refractivity contribution in [1.82, 2.24) is 20.6 Å². The van der Waals surface area contributed by atoms with Crippen LogP contribution >= 0.6 is 0 Å². The Labute approximate surface area is 98.1 Å². The molecule has 0 spiro atoms. The Balaban J connectivity index is 1.99. The van der Waals surface area contributed by atoms with Crippen molar-refractivity contribution in [3.63, 3.8) is 0 Å². The summed E-state index contributed by atoms with van der Waals surface area (Å²) < 4.78 is 0. The number of nitrogens with zero attached hydrogens (tertiary/aromatic N) is 3. The Morgan fingerprint density at radius 3 is 2.82 bits per heavy atom. The van der Waals surface area contributed by atoms with Crippen molar-refractivity contribution in [3.05, 3.63) is 42.5 Å². The molecule has 0 bridgehead atoms. The molecule has 17 heavy (non-hydrogen) atoms. The lowest BCUT2D eigenvalue weighted by Crippen LogP contribution is -2.36. The van der Waals surface area contributed by atoms with Crippen LogP contribution in [-0.4, -0.2) is 21.1 Å². The van der Waals surface area contributed by atoms with Gasteiger partial charge in [0.05, 0.1) is 0 Å². The first kappa shape index (κ1) is 11.1. The van der Waals surface area contributed by atoms with Gasteiger partial charge in [-0.1, -0.05) is 18.2 Å². The zero-order valence-electron chi connectivity index (χ0n) is 9.09. The number of hydrogen-bond donors (Lipinski definition) is 4. The lowest BCUT2D eigenvalue weighted by molar-refractivity contribution is 0.895. The average molecular weight is 231 g/mol. The normalized spacial score (nSPS) is 11.2. The average Bonchev–Trinajstić information content (AvgIpc) is 2.89. The fraction of sp³-hybridized carbons (Fsp3) is 0.100. The number of aromatic nitrogens is 3. The molecule has 5 N–H and O–H groups in total. The molecule has 2 rings (SSSR count). The summed E-state index contributed by atoms with van der Waals surface area (Å²) in [6.07, 6.45) is 1.44. The van der Waals surface area contributed by atoms with Crippen LogP contribution in [-0.2, 0) is 6.54 Å². The number of hydrazine groups is 1. The summed E-state index contributed by atoms with van der Waals surface area (Å²) in [5, 5.41) is 9.49. The van der Waals surface area contributed by atoms with Gasteiger partial charge in [-0.2, -0.15) is 5.10 Å². The predicted molar refractivity (Wildman–Crippen MR) is 64.9 cm³/mol. The SMILES string of the molecule is NNC(=NCc1ncn[nH]1)Nc1ccccc1.